The van der Waals surface area contributed by atoms with E-state index < -0.39 is 0 Å². The van der Waals surface area contributed by atoms with Crippen LogP contribution in [0.25, 0.3) is 0 Å². The Morgan fingerprint density at radius 1 is 1.22 bits per heavy atom. The molecule has 2 aromatic carbocycles. The van der Waals surface area contributed by atoms with Gasteiger partial charge in [0, 0.05) is 23.9 Å². The van der Waals surface area contributed by atoms with Gasteiger partial charge in [-0.15, -0.1) is 0 Å². The summed E-state index contributed by atoms with van der Waals surface area (Å²) in [5, 5.41) is 3.39. The maximum Gasteiger partial charge on any atom is 0.237 e. The van der Waals surface area contributed by atoms with Gasteiger partial charge in [-0.25, -0.2) is 4.98 Å². The molecule has 0 aliphatic rings. The van der Waals surface area contributed by atoms with Crippen molar-refractivity contribution in [3.63, 3.8) is 0 Å². The fourth-order valence-electron chi connectivity index (χ4n) is 2.65. The molecule has 1 aromatic heterocycles. The van der Waals surface area contributed by atoms with Crippen LogP contribution in [0.4, 0.5) is 5.69 Å². The predicted octanol–water partition coefficient (Wildman–Crippen LogP) is 4.44. The lowest BCUT2D eigenvalue weighted by Gasteiger charge is -2.11. The molecule has 0 spiro atoms. The van der Waals surface area contributed by atoms with E-state index in [4.69, 9.17) is 4.74 Å². The zero-order chi connectivity index (χ0) is 19.2. The van der Waals surface area contributed by atoms with Crippen molar-refractivity contribution < 1.29 is 9.53 Å². The van der Waals surface area contributed by atoms with Crippen molar-refractivity contribution in [3.8, 4) is 5.75 Å². The number of rotatable bonds is 7. The van der Waals surface area contributed by atoms with Gasteiger partial charge >= 0.3 is 0 Å². The number of aromatic amines is 1. The van der Waals surface area contributed by atoms with Crippen LogP contribution in [-0.4, -0.2) is 28.2 Å². The number of carbonyl (C=O) groups is 1. The number of H-pyrrole nitrogens is 1. The Morgan fingerprint density at radius 3 is 2.74 bits per heavy atom. The number of imidazole rings is 1. The molecule has 1 heterocycles. The molecule has 1 atom stereocenters. The van der Waals surface area contributed by atoms with E-state index in [0.29, 0.717) is 11.4 Å². The summed E-state index contributed by atoms with van der Waals surface area (Å²) in [4.78, 5) is 20.4. The monoisotopic (exact) mass is 381 g/mol. The molecule has 2 N–H and O–H groups in total. The van der Waals surface area contributed by atoms with E-state index in [-0.39, 0.29) is 11.2 Å². The van der Waals surface area contributed by atoms with E-state index in [9.17, 15) is 4.79 Å². The second-order valence-corrected chi connectivity index (χ2v) is 7.59. The van der Waals surface area contributed by atoms with Crippen LogP contribution in [0.1, 0.15) is 23.9 Å². The smallest absolute Gasteiger partial charge is 0.237 e. The quantitative estimate of drug-likeness (QED) is 0.594. The number of hydrogen-bond donors (Lipinski definition) is 2. The number of ether oxygens (including phenoxy) is 1. The predicted molar refractivity (Wildman–Crippen MR) is 110 cm³/mol. The highest BCUT2D eigenvalue weighted by Crippen LogP contribution is 2.24. The molecule has 3 rings (SSSR count). The summed E-state index contributed by atoms with van der Waals surface area (Å²) in [5.74, 6) is 0.632. The SMILES string of the molecule is COc1cccc(NC(=O)C(C)Sc2nc(Cc3ccccc3)c(C)[nH]2)c1. The molecule has 0 radical (unpaired) electrons. The van der Waals surface area contributed by atoms with Crippen molar-refractivity contribution >= 4 is 23.4 Å². The Kier molecular flexibility index (Phi) is 6.19. The standard InChI is InChI=1S/C21H23N3O2S/c1-14-19(12-16-8-5-4-6-9-16)24-21(22-14)27-15(2)20(25)23-17-10-7-11-18(13-17)26-3/h4-11,13,15H,12H2,1-3H3,(H,22,24)(H,23,25). The van der Waals surface area contributed by atoms with Crippen LogP contribution in [0.15, 0.2) is 59.8 Å². The topological polar surface area (TPSA) is 67.0 Å². The van der Waals surface area contributed by atoms with Gasteiger partial charge in [0.05, 0.1) is 18.1 Å². The highest BCUT2D eigenvalue weighted by molar-refractivity contribution is 8.00. The van der Waals surface area contributed by atoms with E-state index in [2.05, 4.69) is 27.4 Å². The first-order valence-corrected chi connectivity index (χ1v) is 9.64. The molecule has 1 unspecified atom stereocenters. The minimum atomic E-state index is -0.286. The van der Waals surface area contributed by atoms with Crippen LogP contribution in [0, 0.1) is 6.92 Å². The molecule has 27 heavy (non-hydrogen) atoms. The fourth-order valence-corrected chi connectivity index (χ4v) is 3.53. The minimum Gasteiger partial charge on any atom is -0.497 e. The molecule has 3 aromatic rings. The molecule has 6 heteroatoms. The average molecular weight is 382 g/mol. The van der Waals surface area contributed by atoms with Gasteiger partial charge < -0.3 is 15.0 Å². The largest absolute Gasteiger partial charge is 0.497 e. The zero-order valence-corrected chi connectivity index (χ0v) is 16.5. The molecular weight excluding hydrogens is 358 g/mol. The van der Waals surface area contributed by atoms with Gasteiger partial charge in [-0.3, -0.25) is 4.79 Å². The molecular formula is C21H23N3O2S. The number of thioether (sulfide) groups is 1. The summed E-state index contributed by atoms with van der Waals surface area (Å²) in [5.41, 5.74) is 3.96. The minimum absolute atomic E-state index is 0.0769. The molecule has 0 aliphatic carbocycles. The van der Waals surface area contributed by atoms with Gasteiger partial charge in [-0.2, -0.15) is 0 Å². The van der Waals surface area contributed by atoms with Crippen LogP contribution in [0.2, 0.25) is 0 Å². The van der Waals surface area contributed by atoms with Crippen molar-refractivity contribution in [1.82, 2.24) is 9.97 Å². The van der Waals surface area contributed by atoms with Crippen LogP contribution in [0.3, 0.4) is 0 Å². The molecule has 1 amide bonds. The molecule has 140 valence electrons. The third-order valence-corrected chi connectivity index (χ3v) is 5.16. The first kappa shape index (κ1) is 19.0. The highest BCUT2D eigenvalue weighted by Gasteiger charge is 2.18. The Morgan fingerprint density at radius 2 is 2.00 bits per heavy atom. The summed E-state index contributed by atoms with van der Waals surface area (Å²) >= 11 is 1.42. The van der Waals surface area contributed by atoms with Gasteiger partial charge in [0.1, 0.15) is 5.75 Å². The van der Waals surface area contributed by atoms with E-state index in [1.165, 1.54) is 17.3 Å². The maximum atomic E-state index is 12.5. The van der Waals surface area contributed by atoms with Gasteiger partial charge in [-0.1, -0.05) is 48.2 Å². The van der Waals surface area contributed by atoms with E-state index in [0.717, 1.165) is 23.0 Å². The number of anilines is 1. The van der Waals surface area contributed by atoms with Crippen LogP contribution < -0.4 is 10.1 Å². The Bertz CT molecular complexity index is 909. The Labute approximate surface area is 163 Å². The summed E-state index contributed by atoms with van der Waals surface area (Å²) in [6.45, 7) is 3.88. The van der Waals surface area contributed by atoms with Crippen molar-refractivity contribution in [2.45, 2.75) is 30.7 Å². The van der Waals surface area contributed by atoms with Crippen molar-refractivity contribution in [3.05, 3.63) is 71.5 Å². The molecule has 0 saturated carbocycles. The normalized spacial score (nSPS) is 11.8. The first-order chi connectivity index (χ1) is 13.0. The molecule has 0 saturated heterocycles. The van der Waals surface area contributed by atoms with Crippen LogP contribution >= 0.6 is 11.8 Å². The van der Waals surface area contributed by atoms with Crippen molar-refractivity contribution in [2.24, 2.45) is 0 Å². The number of hydrogen-bond acceptors (Lipinski definition) is 4. The second-order valence-electron chi connectivity index (χ2n) is 6.26. The zero-order valence-electron chi connectivity index (χ0n) is 15.7. The van der Waals surface area contributed by atoms with E-state index in [1.807, 2.05) is 50.2 Å². The number of amides is 1. The van der Waals surface area contributed by atoms with E-state index in [1.54, 1.807) is 13.2 Å². The number of aromatic nitrogens is 2. The maximum absolute atomic E-state index is 12.5. The fraction of sp³-hybridized carbons (Fsp3) is 0.238. The molecule has 0 bridgehead atoms. The molecule has 0 fully saturated rings. The number of carbonyl (C=O) groups excluding carboxylic acids is 1. The van der Waals surface area contributed by atoms with E-state index >= 15 is 0 Å². The Hall–Kier alpha value is -2.73. The summed E-state index contributed by atoms with van der Waals surface area (Å²) in [7, 11) is 1.60. The molecule has 5 nitrogen and oxygen atoms in total. The summed E-state index contributed by atoms with van der Waals surface area (Å²) in [6, 6.07) is 17.6. The van der Waals surface area contributed by atoms with Crippen molar-refractivity contribution in [1.29, 1.82) is 0 Å². The molecule has 0 aliphatic heterocycles. The van der Waals surface area contributed by atoms with Crippen LogP contribution in [-0.2, 0) is 11.2 Å². The van der Waals surface area contributed by atoms with Gasteiger partial charge in [0.25, 0.3) is 0 Å². The van der Waals surface area contributed by atoms with Crippen molar-refractivity contribution in [2.75, 3.05) is 12.4 Å². The highest BCUT2D eigenvalue weighted by atomic mass is 32.2. The van der Waals surface area contributed by atoms with Gasteiger partial charge in [-0.05, 0) is 31.5 Å². The second kappa shape index (κ2) is 8.77. The Balaban J connectivity index is 1.62. The van der Waals surface area contributed by atoms with Crippen LogP contribution in [0.5, 0.6) is 5.75 Å². The van der Waals surface area contributed by atoms with Gasteiger partial charge in [0.15, 0.2) is 5.16 Å². The lowest BCUT2D eigenvalue weighted by Crippen LogP contribution is -2.22. The summed E-state index contributed by atoms with van der Waals surface area (Å²) in [6.07, 6.45) is 0.772. The first-order valence-electron chi connectivity index (χ1n) is 8.76. The number of nitrogens with one attached hydrogen (secondary N) is 2. The average Bonchev–Trinajstić information content (AvgIpc) is 3.01. The number of benzene rings is 2. The summed E-state index contributed by atoms with van der Waals surface area (Å²) < 4.78 is 5.19. The third-order valence-electron chi connectivity index (χ3n) is 4.17. The lowest BCUT2D eigenvalue weighted by atomic mass is 10.1. The number of aryl methyl sites for hydroxylation is 1. The third kappa shape index (κ3) is 5.14. The lowest BCUT2D eigenvalue weighted by molar-refractivity contribution is -0.115. The van der Waals surface area contributed by atoms with Gasteiger partial charge in [0.2, 0.25) is 5.91 Å². The number of nitrogens with zero attached hydrogens (tertiary/aromatic N) is 1. The number of methoxy groups -OCH3 is 1.